The number of rotatable bonds is 11. The fourth-order valence-electron chi connectivity index (χ4n) is 3.88. The van der Waals surface area contributed by atoms with E-state index in [0.29, 0.717) is 18.0 Å². The molecule has 7 nitrogen and oxygen atoms in total. The second kappa shape index (κ2) is 11.9. The third-order valence-corrected chi connectivity index (χ3v) is 7.16. The van der Waals surface area contributed by atoms with Gasteiger partial charge in [-0.2, -0.15) is 4.72 Å². The van der Waals surface area contributed by atoms with Gasteiger partial charge in [0.2, 0.25) is 15.9 Å². The third kappa shape index (κ3) is 7.07. The first-order valence-electron chi connectivity index (χ1n) is 11.2. The molecule has 0 saturated carbocycles. The fourth-order valence-corrected chi connectivity index (χ4v) is 5.09. The van der Waals surface area contributed by atoms with Gasteiger partial charge in [0.15, 0.2) is 11.5 Å². The van der Waals surface area contributed by atoms with E-state index in [2.05, 4.69) is 16.1 Å². The molecule has 8 heteroatoms. The topological polar surface area (TPSA) is 93.7 Å². The van der Waals surface area contributed by atoms with E-state index in [1.165, 1.54) is 50.8 Å². The lowest BCUT2D eigenvalue weighted by Gasteiger charge is -2.20. The van der Waals surface area contributed by atoms with Crippen molar-refractivity contribution in [2.75, 3.05) is 20.8 Å². The lowest BCUT2D eigenvalue weighted by molar-refractivity contribution is -0.122. The lowest BCUT2D eigenvalue weighted by atomic mass is 9.97. The monoisotopic (exact) mass is 472 g/mol. The summed E-state index contributed by atoms with van der Waals surface area (Å²) in [6.07, 6.45) is 7.82. The van der Waals surface area contributed by atoms with Crippen LogP contribution in [0, 0.1) is 0 Å². The molecule has 0 bridgehead atoms. The maximum absolute atomic E-state index is 13.1. The van der Waals surface area contributed by atoms with Crippen molar-refractivity contribution in [1.82, 2.24) is 10.0 Å². The minimum atomic E-state index is -3.99. The summed E-state index contributed by atoms with van der Waals surface area (Å²) >= 11 is 0. The van der Waals surface area contributed by atoms with E-state index in [0.717, 1.165) is 24.8 Å². The van der Waals surface area contributed by atoms with E-state index in [1.807, 2.05) is 30.3 Å². The number of carbonyl (C=O) groups excluding carboxylic acids is 1. The molecule has 0 fully saturated rings. The highest BCUT2D eigenvalue weighted by Crippen LogP contribution is 2.29. The number of amides is 1. The second-order valence-corrected chi connectivity index (χ2v) is 9.74. The van der Waals surface area contributed by atoms with Gasteiger partial charge in [-0.1, -0.05) is 42.0 Å². The average molecular weight is 473 g/mol. The van der Waals surface area contributed by atoms with Gasteiger partial charge < -0.3 is 14.8 Å². The van der Waals surface area contributed by atoms with Gasteiger partial charge in [-0.15, -0.1) is 0 Å². The molecule has 2 aromatic rings. The molecule has 2 N–H and O–H groups in total. The molecule has 0 saturated heterocycles. The third-order valence-electron chi connectivity index (χ3n) is 5.69. The molecule has 1 aliphatic carbocycles. The zero-order valence-electron chi connectivity index (χ0n) is 19.2. The normalized spacial score (nSPS) is 14.8. The van der Waals surface area contributed by atoms with E-state index in [-0.39, 0.29) is 17.2 Å². The number of allylic oxidation sites excluding steroid dienone is 1. The molecule has 1 amide bonds. The zero-order valence-corrected chi connectivity index (χ0v) is 20.0. The van der Waals surface area contributed by atoms with Gasteiger partial charge in [0.25, 0.3) is 0 Å². The summed E-state index contributed by atoms with van der Waals surface area (Å²) in [6.45, 7) is 0.480. The fraction of sp³-hybridized carbons (Fsp3) is 0.400. The largest absolute Gasteiger partial charge is 0.493 e. The van der Waals surface area contributed by atoms with Gasteiger partial charge >= 0.3 is 0 Å². The Kier molecular flexibility index (Phi) is 8.91. The van der Waals surface area contributed by atoms with Gasteiger partial charge in [-0.05, 0) is 56.2 Å². The second-order valence-electron chi connectivity index (χ2n) is 8.03. The van der Waals surface area contributed by atoms with Gasteiger partial charge in [-0.25, -0.2) is 8.42 Å². The Hall–Kier alpha value is -2.84. The highest BCUT2D eigenvalue weighted by Gasteiger charge is 2.27. The van der Waals surface area contributed by atoms with Crippen LogP contribution in [-0.4, -0.2) is 41.1 Å². The van der Waals surface area contributed by atoms with Crippen molar-refractivity contribution >= 4 is 15.9 Å². The Balaban J connectivity index is 1.75. The summed E-state index contributed by atoms with van der Waals surface area (Å²) in [5, 5.41) is 2.91. The van der Waals surface area contributed by atoms with Crippen molar-refractivity contribution in [3.8, 4) is 11.5 Å². The SMILES string of the molecule is COc1ccc(S(=O)(=O)N[C@@H](Cc2ccccc2)C(=O)NCCC2=CCCCC2)cc1OC. The molecule has 2 aromatic carbocycles. The number of sulfonamides is 1. The van der Waals surface area contributed by atoms with Crippen molar-refractivity contribution in [2.45, 2.75) is 49.5 Å². The summed E-state index contributed by atoms with van der Waals surface area (Å²) in [6, 6.07) is 12.7. The number of nitrogens with one attached hydrogen (secondary N) is 2. The number of ether oxygens (including phenoxy) is 2. The van der Waals surface area contributed by atoms with Gasteiger partial charge in [0, 0.05) is 12.6 Å². The maximum Gasteiger partial charge on any atom is 0.241 e. The van der Waals surface area contributed by atoms with Gasteiger partial charge in [-0.3, -0.25) is 4.79 Å². The molecule has 1 aliphatic rings. The molecule has 0 radical (unpaired) electrons. The molecule has 178 valence electrons. The summed E-state index contributed by atoms with van der Waals surface area (Å²) in [4.78, 5) is 13.0. The van der Waals surface area contributed by atoms with Crippen molar-refractivity contribution in [2.24, 2.45) is 0 Å². The first kappa shape index (κ1) is 24.8. The highest BCUT2D eigenvalue weighted by atomic mass is 32.2. The Labute approximate surface area is 196 Å². The molecule has 0 aliphatic heterocycles. The predicted octanol–water partition coefficient (Wildman–Crippen LogP) is 3.60. The van der Waals surface area contributed by atoms with Crippen molar-refractivity contribution < 1.29 is 22.7 Å². The molecule has 0 heterocycles. The summed E-state index contributed by atoms with van der Waals surface area (Å²) in [5.41, 5.74) is 2.22. The first-order chi connectivity index (χ1) is 15.9. The first-order valence-corrected chi connectivity index (χ1v) is 12.6. The van der Waals surface area contributed by atoms with Gasteiger partial charge in [0.05, 0.1) is 19.1 Å². The predicted molar refractivity (Wildman–Crippen MR) is 128 cm³/mol. The standard InChI is InChI=1S/C25H32N2O5S/c1-31-23-14-13-21(18-24(23)32-2)33(29,30)27-22(17-20-11-7-4-8-12-20)25(28)26-16-15-19-9-5-3-6-10-19/h4,7-9,11-14,18,22,27H,3,5-6,10,15-17H2,1-2H3,(H,26,28)/t22-/m0/s1. The number of carbonyl (C=O) groups is 1. The molecule has 3 rings (SSSR count). The van der Waals surface area contributed by atoms with E-state index in [9.17, 15) is 13.2 Å². The lowest BCUT2D eigenvalue weighted by Crippen LogP contribution is -2.48. The summed E-state index contributed by atoms with van der Waals surface area (Å²) < 4.78 is 39.3. The maximum atomic E-state index is 13.1. The van der Waals surface area contributed by atoms with Crippen LogP contribution in [0.1, 0.15) is 37.7 Å². The number of benzene rings is 2. The van der Waals surface area contributed by atoms with E-state index >= 15 is 0 Å². The van der Waals surface area contributed by atoms with Crippen LogP contribution in [0.25, 0.3) is 0 Å². The molecule has 0 unspecified atom stereocenters. The minimum Gasteiger partial charge on any atom is -0.493 e. The van der Waals surface area contributed by atoms with Crippen LogP contribution in [-0.2, 0) is 21.2 Å². The van der Waals surface area contributed by atoms with Crippen LogP contribution in [0.15, 0.2) is 65.1 Å². The Bertz CT molecular complexity index is 1070. The van der Waals surface area contributed by atoms with E-state index < -0.39 is 16.1 Å². The highest BCUT2D eigenvalue weighted by molar-refractivity contribution is 7.89. The average Bonchev–Trinajstić information content (AvgIpc) is 2.84. The van der Waals surface area contributed by atoms with Gasteiger partial charge in [0.1, 0.15) is 6.04 Å². The smallest absolute Gasteiger partial charge is 0.241 e. The van der Waals surface area contributed by atoms with Crippen LogP contribution in [0.5, 0.6) is 11.5 Å². The zero-order chi connectivity index (χ0) is 23.7. The van der Waals surface area contributed by atoms with Crippen LogP contribution < -0.4 is 19.5 Å². The van der Waals surface area contributed by atoms with E-state index in [4.69, 9.17) is 9.47 Å². The quantitative estimate of drug-likeness (QED) is 0.488. The van der Waals surface area contributed by atoms with Crippen LogP contribution in [0.3, 0.4) is 0 Å². The number of methoxy groups -OCH3 is 2. The molecular weight excluding hydrogens is 440 g/mol. The molecule has 1 atom stereocenters. The number of hydrogen-bond donors (Lipinski definition) is 2. The molecule has 33 heavy (non-hydrogen) atoms. The van der Waals surface area contributed by atoms with Crippen LogP contribution in [0.2, 0.25) is 0 Å². The number of hydrogen-bond acceptors (Lipinski definition) is 5. The Morgan fingerprint density at radius 2 is 1.79 bits per heavy atom. The van der Waals surface area contributed by atoms with Crippen LogP contribution in [0.4, 0.5) is 0 Å². The Morgan fingerprint density at radius 1 is 1.03 bits per heavy atom. The molecular formula is C25H32N2O5S. The summed E-state index contributed by atoms with van der Waals surface area (Å²) in [5.74, 6) is 0.372. The van der Waals surface area contributed by atoms with Crippen LogP contribution >= 0.6 is 0 Å². The summed E-state index contributed by atoms with van der Waals surface area (Å²) in [7, 11) is -1.07. The molecule has 0 spiro atoms. The Morgan fingerprint density at radius 3 is 2.45 bits per heavy atom. The molecule has 0 aromatic heterocycles. The van der Waals surface area contributed by atoms with E-state index in [1.54, 1.807) is 0 Å². The van der Waals surface area contributed by atoms with Crippen molar-refractivity contribution in [3.05, 3.63) is 65.7 Å². The van der Waals surface area contributed by atoms with Crippen molar-refractivity contribution in [3.63, 3.8) is 0 Å². The minimum absolute atomic E-state index is 0.00151. The van der Waals surface area contributed by atoms with Crippen molar-refractivity contribution in [1.29, 1.82) is 0 Å².